The monoisotopic (exact) mass is 307 g/mol. The number of carbonyl (C=O) groups is 1. The number of thiocarbonyl (C=S) groups is 1. The van der Waals surface area contributed by atoms with Gasteiger partial charge in [0.2, 0.25) is 5.91 Å². The first kappa shape index (κ1) is 17.6. The highest BCUT2D eigenvalue weighted by Gasteiger charge is 2.22. The Hall–Kier alpha value is -1.46. The molecule has 0 fully saturated rings. The van der Waals surface area contributed by atoms with E-state index in [1.807, 2.05) is 30.3 Å². The van der Waals surface area contributed by atoms with Crippen LogP contribution >= 0.6 is 12.2 Å². The smallest absolute Gasteiger partial charge is 0.234 e. The number of nitrogens with two attached hydrogens (primary N) is 1. The van der Waals surface area contributed by atoms with Crippen molar-refractivity contribution in [2.24, 2.45) is 5.73 Å². The molecule has 0 aromatic heterocycles. The van der Waals surface area contributed by atoms with Gasteiger partial charge in [-0.15, -0.1) is 0 Å². The van der Waals surface area contributed by atoms with Gasteiger partial charge in [-0.3, -0.25) is 4.79 Å². The Morgan fingerprint density at radius 2 is 1.90 bits per heavy atom. The molecular formula is C16H25N3OS. The lowest BCUT2D eigenvalue weighted by Gasteiger charge is -2.19. The van der Waals surface area contributed by atoms with E-state index in [0.717, 1.165) is 31.6 Å². The van der Waals surface area contributed by atoms with Crippen LogP contribution in [0.25, 0.3) is 0 Å². The second-order valence-electron chi connectivity index (χ2n) is 4.92. The molecule has 0 aliphatic carbocycles. The summed E-state index contributed by atoms with van der Waals surface area (Å²) < 4.78 is 0. The number of carbonyl (C=O) groups excluding carboxylic acids is 1. The second kappa shape index (κ2) is 9.47. The zero-order valence-corrected chi connectivity index (χ0v) is 13.7. The number of amides is 1. The van der Waals surface area contributed by atoms with Crippen LogP contribution in [0.5, 0.6) is 0 Å². The molecule has 1 atom stereocenters. The van der Waals surface area contributed by atoms with Crippen LogP contribution in [0.1, 0.15) is 31.7 Å². The van der Waals surface area contributed by atoms with Crippen molar-refractivity contribution in [3.63, 3.8) is 0 Å². The number of hydrogen-bond acceptors (Lipinski definition) is 3. The third-order valence-electron chi connectivity index (χ3n) is 3.52. The highest BCUT2D eigenvalue weighted by atomic mass is 32.1. The Bertz CT molecular complexity index is 446. The molecule has 0 aliphatic rings. The molecule has 4 nitrogen and oxygen atoms in total. The maximum absolute atomic E-state index is 12.3. The maximum atomic E-state index is 12.3. The van der Waals surface area contributed by atoms with E-state index in [1.165, 1.54) is 0 Å². The summed E-state index contributed by atoms with van der Waals surface area (Å²) in [5.74, 6) is -0.664. The van der Waals surface area contributed by atoms with Crippen molar-refractivity contribution in [2.45, 2.75) is 26.2 Å². The predicted molar refractivity (Wildman–Crippen MR) is 91.4 cm³/mol. The van der Waals surface area contributed by atoms with Gasteiger partial charge < -0.3 is 16.0 Å². The molecule has 21 heavy (non-hydrogen) atoms. The number of rotatable bonds is 9. The van der Waals surface area contributed by atoms with Gasteiger partial charge in [-0.05, 0) is 31.6 Å². The van der Waals surface area contributed by atoms with Crippen molar-refractivity contribution in [2.75, 3.05) is 26.2 Å². The molecule has 1 aromatic carbocycles. The molecule has 0 spiro atoms. The Balaban J connectivity index is 2.50. The summed E-state index contributed by atoms with van der Waals surface area (Å²) in [6.07, 6.45) is 0.923. The fraction of sp³-hybridized carbons (Fsp3) is 0.500. The number of nitrogens with one attached hydrogen (secondary N) is 1. The predicted octanol–water partition coefficient (Wildman–Crippen LogP) is 1.90. The average Bonchev–Trinajstić information content (AvgIpc) is 2.48. The van der Waals surface area contributed by atoms with Crippen LogP contribution in [0.3, 0.4) is 0 Å². The Labute approximate surface area is 132 Å². The van der Waals surface area contributed by atoms with E-state index in [1.54, 1.807) is 0 Å². The number of benzene rings is 1. The van der Waals surface area contributed by atoms with Crippen LogP contribution in [0.2, 0.25) is 0 Å². The third kappa shape index (κ3) is 5.81. The van der Waals surface area contributed by atoms with Gasteiger partial charge in [0.1, 0.15) is 5.92 Å². The van der Waals surface area contributed by atoms with Gasteiger partial charge in [-0.25, -0.2) is 0 Å². The molecule has 0 saturated carbocycles. The molecule has 1 unspecified atom stereocenters. The molecule has 0 radical (unpaired) electrons. The van der Waals surface area contributed by atoms with E-state index < -0.39 is 5.92 Å². The molecule has 0 heterocycles. The Morgan fingerprint density at radius 3 is 2.43 bits per heavy atom. The number of nitrogens with zero attached hydrogens (tertiary/aromatic N) is 1. The van der Waals surface area contributed by atoms with Gasteiger partial charge >= 0.3 is 0 Å². The lowest BCUT2D eigenvalue weighted by Crippen LogP contribution is -2.37. The van der Waals surface area contributed by atoms with Gasteiger partial charge in [-0.2, -0.15) is 0 Å². The summed E-state index contributed by atoms with van der Waals surface area (Å²) in [4.78, 5) is 14.8. The van der Waals surface area contributed by atoms with Gasteiger partial charge in [-0.1, -0.05) is 56.4 Å². The topological polar surface area (TPSA) is 58.4 Å². The molecule has 1 aromatic rings. The normalized spacial score (nSPS) is 12.1. The number of hydrogen-bond donors (Lipinski definition) is 2. The van der Waals surface area contributed by atoms with E-state index in [2.05, 4.69) is 24.1 Å². The third-order valence-corrected chi connectivity index (χ3v) is 3.76. The van der Waals surface area contributed by atoms with Crippen molar-refractivity contribution in [1.29, 1.82) is 0 Å². The minimum absolute atomic E-state index is 0.117. The molecule has 0 bridgehead atoms. The first-order valence-corrected chi connectivity index (χ1v) is 7.85. The minimum atomic E-state index is -0.547. The van der Waals surface area contributed by atoms with Gasteiger partial charge in [0.05, 0.1) is 4.99 Å². The average molecular weight is 307 g/mol. The van der Waals surface area contributed by atoms with E-state index >= 15 is 0 Å². The maximum Gasteiger partial charge on any atom is 0.234 e. The minimum Gasteiger partial charge on any atom is -0.392 e. The highest BCUT2D eigenvalue weighted by Crippen LogP contribution is 2.16. The van der Waals surface area contributed by atoms with Crippen molar-refractivity contribution in [3.8, 4) is 0 Å². The molecule has 5 heteroatoms. The first-order chi connectivity index (χ1) is 10.1. The van der Waals surface area contributed by atoms with Crippen LogP contribution < -0.4 is 11.1 Å². The summed E-state index contributed by atoms with van der Waals surface area (Å²) in [7, 11) is 0. The zero-order chi connectivity index (χ0) is 15.7. The van der Waals surface area contributed by atoms with Crippen LogP contribution in [0.4, 0.5) is 0 Å². The second-order valence-corrected chi connectivity index (χ2v) is 5.39. The van der Waals surface area contributed by atoms with E-state index in [-0.39, 0.29) is 10.9 Å². The SMILES string of the molecule is CCN(CC)CCCNC(=O)C(C(N)=S)c1ccccc1. The fourth-order valence-electron chi connectivity index (χ4n) is 2.25. The summed E-state index contributed by atoms with van der Waals surface area (Å²) in [5, 5.41) is 2.93. The van der Waals surface area contributed by atoms with Crippen molar-refractivity contribution in [3.05, 3.63) is 35.9 Å². The van der Waals surface area contributed by atoms with E-state index in [0.29, 0.717) is 6.54 Å². The molecule has 0 saturated heterocycles. The zero-order valence-electron chi connectivity index (χ0n) is 12.8. The van der Waals surface area contributed by atoms with Crippen molar-refractivity contribution >= 4 is 23.1 Å². The molecule has 3 N–H and O–H groups in total. The van der Waals surface area contributed by atoms with E-state index in [4.69, 9.17) is 18.0 Å². The van der Waals surface area contributed by atoms with Crippen LogP contribution in [0, 0.1) is 0 Å². The van der Waals surface area contributed by atoms with Crippen LogP contribution in [-0.2, 0) is 4.79 Å². The van der Waals surface area contributed by atoms with Crippen LogP contribution in [-0.4, -0.2) is 42.0 Å². The lowest BCUT2D eigenvalue weighted by molar-refractivity contribution is -0.121. The van der Waals surface area contributed by atoms with Crippen LogP contribution in [0.15, 0.2) is 30.3 Å². The summed E-state index contributed by atoms with van der Waals surface area (Å²) in [6.45, 7) is 7.96. The van der Waals surface area contributed by atoms with E-state index in [9.17, 15) is 4.79 Å². The van der Waals surface area contributed by atoms with Gasteiger partial charge in [0, 0.05) is 6.54 Å². The summed E-state index contributed by atoms with van der Waals surface area (Å²) in [5.41, 5.74) is 6.57. The first-order valence-electron chi connectivity index (χ1n) is 7.44. The van der Waals surface area contributed by atoms with Crippen molar-refractivity contribution in [1.82, 2.24) is 10.2 Å². The molecular weight excluding hydrogens is 282 g/mol. The molecule has 1 rings (SSSR count). The van der Waals surface area contributed by atoms with Gasteiger partial charge in [0.15, 0.2) is 0 Å². The lowest BCUT2D eigenvalue weighted by atomic mass is 9.98. The standard InChI is InChI=1S/C16H25N3OS/c1-3-19(4-2)12-8-11-18-16(20)14(15(17)21)13-9-6-5-7-10-13/h5-7,9-10,14H,3-4,8,11-12H2,1-2H3,(H2,17,21)(H,18,20). The molecule has 116 valence electrons. The Kier molecular flexibility index (Phi) is 7.93. The molecule has 1 amide bonds. The highest BCUT2D eigenvalue weighted by molar-refractivity contribution is 7.80. The van der Waals surface area contributed by atoms with Crippen molar-refractivity contribution < 1.29 is 4.79 Å². The summed E-state index contributed by atoms with van der Waals surface area (Å²) in [6, 6.07) is 9.42. The van der Waals surface area contributed by atoms with Gasteiger partial charge in [0.25, 0.3) is 0 Å². The molecule has 0 aliphatic heterocycles. The fourth-order valence-corrected chi connectivity index (χ4v) is 2.49. The summed E-state index contributed by atoms with van der Waals surface area (Å²) >= 11 is 5.04. The largest absolute Gasteiger partial charge is 0.392 e. The Morgan fingerprint density at radius 1 is 1.29 bits per heavy atom. The quantitative estimate of drug-likeness (QED) is 0.540.